The first-order valence-corrected chi connectivity index (χ1v) is 48.4. The standard InChI is InChI=1S/3C45H28N2/c1-2-10-36(41-13-7-8-28-46-41)34(9-1)35-25-19-31-20-26-39-33(24-18-30-21-27-40(35)45(31)44(30)39)29-16-22-32(23-17-29)47-42-14-5-3-11-37(42)38-12-4-6-15-43(38)47;1-2-10-36(34(9-1)32-8-7-27-46-28-32)37-24-18-31-19-25-40-35(23-17-30-20-26-41(37)45(31)44(30)40)29-15-21-33(22-16-29)47-42-13-5-3-11-38(42)39-12-4-6-14-43(39)47;1-2-8-36(34(7-1)30-25-27-46-28-26-30)37-22-16-32-17-23-40-35(21-15-31-18-24-41(37)45(32)44(31)40)29-13-19-33(20-14-29)47-42-11-5-3-9-38(42)39-10-4-6-12-43(39)47/h3*1-28H. The summed E-state index contributed by atoms with van der Waals surface area (Å²) < 4.78 is 7.14. The van der Waals surface area contributed by atoms with Gasteiger partial charge >= 0.3 is 0 Å². The molecule has 30 rings (SSSR count). The van der Waals surface area contributed by atoms with Gasteiger partial charge in [0.1, 0.15) is 0 Å². The fourth-order valence-electron chi connectivity index (χ4n) is 23.3. The number of hydrogen-bond donors (Lipinski definition) is 0. The van der Waals surface area contributed by atoms with Gasteiger partial charge in [-0.05, 0) is 284 Å². The molecule has 0 N–H and O–H groups in total. The number of pyridine rings is 3. The highest BCUT2D eigenvalue weighted by Crippen LogP contribution is 2.51. The van der Waals surface area contributed by atoms with E-state index in [1.54, 1.807) is 0 Å². The SMILES string of the molecule is c1ccc(-c2ccc3ccc4c(-c5ccc(-n6c7ccccc7c7ccccc76)cc5)ccc5ccc2c3c54)c(-c2ccncc2)c1.c1ccc(-c2ccccc2-c2ccc3ccc4c(-c5ccc(-n6c7ccccc7c7ccccc76)cc5)ccc5ccc2c3c54)nc1.c1cncc(-c2ccccc2-c2ccc3ccc4c(-c5ccc(-n6c7ccccc7c7ccccc76)cc5)ccc5ccc2c3c54)c1. The number of hydrogen-bond acceptors (Lipinski definition) is 3. The molecule has 0 spiro atoms. The van der Waals surface area contributed by atoms with Crippen LogP contribution in [0.15, 0.2) is 510 Å². The van der Waals surface area contributed by atoms with Crippen molar-refractivity contribution in [2.45, 2.75) is 0 Å². The molecule has 0 aliphatic heterocycles. The molecule has 0 bridgehead atoms. The maximum Gasteiger partial charge on any atom is 0.0708 e. The molecule has 141 heavy (non-hydrogen) atoms. The molecule has 0 saturated carbocycles. The molecule has 0 aliphatic rings. The highest BCUT2D eigenvalue weighted by atomic mass is 15.0. The first kappa shape index (κ1) is 80.7. The molecule has 6 nitrogen and oxygen atoms in total. The average Bonchev–Trinajstić information content (AvgIpc) is 1.71. The van der Waals surface area contributed by atoms with Crippen molar-refractivity contribution in [3.05, 3.63) is 510 Å². The fraction of sp³-hybridized carbons (Fsp3) is 0. The van der Waals surface area contributed by atoms with Crippen molar-refractivity contribution in [1.29, 1.82) is 0 Å². The number of nitrogens with zero attached hydrogens (tertiary/aromatic N) is 6. The third-order valence-electron chi connectivity index (χ3n) is 29.6. The monoisotopic (exact) mass is 1790 g/mol. The van der Waals surface area contributed by atoms with E-state index in [0.717, 1.165) is 16.8 Å². The van der Waals surface area contributed by atoms with Crippen LogP contribution in [0.25, 0.3) is 280 Å². The smallest absolute Gasteiger partial charge is 0.0708 e. The maximum absolute atomic E-state index is 4.69. The van der Waals surface area contributed by atoms with Gasteiger partial charge in [-0.1, -0.05) is 376 Å². The molecule has 0 saturated heterocycles. The van der Waals surface area contributed by atoms with Crippen molar-refractivity contribution >= 4 is 162 Å². The van der Waals surface area contributed by atoms with Crippen LogP contribution in [0.2, 0.25) is 0 Å². The zero-order chi connectivity index (χ0) is 92.7. The van der Waals surface area contributed by atoms with Crippen molar-refractivity contribution < 1.29 is 0 Å². The molecular weight excluding hydrogens is 1710 g/mol. The van der Waals surface area contributed by atoms with Gasteiger partial charge in [-0.3, -0.25) is 15.0 Å². The van der Waals surface area contributed by atoms with E-state index in [4.69, 9.17) is 4.98 Å². The predicted octanol–water partition coefficient (Wildman–Crippen LogP) is 36.2. The van der Waals surface area contributed by atoms with Gasteiger partial charge in [0, 0.05) is 91.5 Å². The minimum absolute atomic E-state index is 0.987. The summed E-state index contributed by atoms with van der Waals surface area (Å²) in [6.07, 6.45) is 9.39. The molecule has 0 amide bonds. The molecule has 0 radical (unpaired) electrons. The molecule has 24 aromatic carbocycles. The number of aromatic nitrogens is 6. The molecule has 6 heterocycles. The van der Waals surface area contributed by atoms with E-state index >= 15 is 0 Å². The van der Waals surface area contributed by atoms with E-state index in [1.807, 2.05) is 43.1 Å². The summed E-state index contributed by atoms with van der Waals surface area (Å²) in [5, 5.41) is 30.9. The average molecular weight is 1790 g/mol. The minimum Gasteiger partial charge on any atom is -0.309 e. The van der Waals surface area contributed by atoms with Crippen molar-refractivity contribution in [3.63, 3.8) is 0 Å². The topological polar surface area (TPSA) is 53.5 Å². The van der Waals surface area contributed by atoms with Gasteiger partial charge in [0.15, 0.2) is 0 Å². The zero-order valence-corrected chi connectivity index (χ0v) is 76.7. The Labute approximate surface area is 812 Å². The lowest BCUT2D eigenvalue weighted by molar-refractivity contribution is 1.18. The van der Waals surface area contributed by atoms with E-state index in [1.165, 1.54) is 263 Å². The summed E-state index contributed by atoms with van der Waals surface area (Å²) >= 11 is 0. The van der Waals surface area contributed by atoms with Crippen LogP contribution in [-0.4, -0.2) is 28.7 Å². The van der Waals surface area contributed by atoms with E-state index in [0.29, 0.717) is 0 Å². The van der Waals surface area contributed by atoms with Gasteiger partial charge in [0.25, 0.3) is 0 Å². The van der Waals surface area contributed by atoms with Crippen molar-refractivity contribution in [1.82, 2.24) is 28.7 Å². The first-order valence-electron chi connectivity index (χ1n) is 48.4. The molecule has 30 aromatic rings. The van der Waals surface area contributed by atoms with Crippen LogP contribution in [-0.2, 0) is 0 Å². The van der Waals surface area contributed by atoms with Gasteiger partial charge in [-0.15, -0.1) is 0 Å². The highest BCUT2D eigenvalue weighted by Gasteiger charge is 2.25. The summed E-state index contributed by atoms with van der Waals surface area (Å²) in [7, 11) is 0. The van der Waals surface area contributed by atoms with Crippen LogP contribution in [0.1, 0.15) is 0 Å². The van der Waals surface area contributed by atoms with Gasteiger partial charge in [0.2, 0.25) is 0 Å². The third kappa shape index (κ3) is 13.1. The fourth-order valence-corrected chi connectivity index (χ4v) is 23.3. The van der Waals surface area contributed by atoms with Crippen LogP contribution in [0.5, 0.6) is 0 Å². The van der Waals surface area contributed by atoms with Crippen LogP contribution in [0.4, 0.5) is 0 Å². The van der Waals surface area contributed by atoms with E-state index in [2.05, 4.69) is 491 Å². The van der Waals surface area contributed by atoms with Crippen LogP contribution >= 0.6 is 0 Å². The Kier molecular flexibility index (Phi) is 18.9. The number of rotatable bonds is 12. The number of fused-ring (bicyclic) bond motifs is 9. The second-order valence-corrected chi connectivity index (χ2v) is 37.0. The molecule has 6 aromatic heterocycles. The molecule has 0 fully saturated rings. The predicted molar refractivity (Wildman–Crippen MR) is 596 cm³/mol. The Morgan fingerprint density at radius 3 is 0.695 bits per heavy atom. The molecule has 6 heteroatoms. The van der Waals surface area contributed by atoms with E-state index in [-0.39, 0.29) is 0 Å². The summed E-state index contributed by atoms with van der Waals surface area (Å²) in [5.41, 5.74) is 32.5. The van der Waals surface area contributed by atoms with Crippen molar-refractivity contribution in [3.8, 4) is 117 Å². The quantitative estimate of drug-likeness (QED) is 0.115. The van der Waals surface area contributed by atoms with Gasteiger partial charge < -0.3 is 13.7 Å². The van der Waals surface area contributed by atoms with E-state index < -0.39 is 0 Å². The second kappa shape index (κ2) is 33.1. The Bertz CT molecular complexity index is 9080. The van der Waals surface area contributed by atoms with Gasteiger partial charge in [0.05, 0.1) is 38.8 Å². The van der Waals surface area contributed by atoms with Crippen LogP contribution in [0, 0.1) is 0 Å². The lowest BCUT2D eigenvalue weighted by atomic mass is 9.86. The lowest BCUT2D eigenvalue weighted by Gasteiger charge is -2.18. The van der Waals surface area contributed by atoms with E-state index in [9.17, 15) is 0 Å². The van der Waals surface area contributed by atoms with Crippen LogP contribution < -0.4 is 0 Å². The minimum atomic E-state index is 0.987. The molecule has 0 aliphatic carbocycles. The van der Waals surface area contributed by atoms with Crippen LogP contribution in [0.3, 0.4) is 0 Å². The Morgan fingerprint density at radius 2 is 0.390 bits per heavy atom. The highest BCUT2D eigenvalue weighted by molar-refractivity contribution is 6.31. The maximum atomic E-state index is 4.69. The third-order valence-corrected chi connectivity index (χ3v) is 29.6. The number of benzene rings is 24. The Morgan fingerprint density at radius 1 is 0.135 bits per heavy atom. The Hall–Kier alpha value is -18.8. The largest absolute Gasteiger partial charge is 0.309 e. The normalized spacial score (nSPS) is 11.8. The molecule has 654 valence electrons. The first-order chi connectivity index (χ1) is 70.0. The second-order valence-electron chi connectivity index (χ2n) is 37.0. The van der Waals surface area contributed by atoms with Gasteiger partial charge in [-0.25, -0.2) is 0 Å². The number of para-hydroxylation sites is 6. The van der Waals surface area contributed by atoms with Crippen molar-refractivity contribution in [2.24, 2.45) is 0 Å². The molecular formula is C135H84N6. The Balaban J connectivity index is 0.000000104. The molecule has 0 atom stereocenters. The van der Waals surface area contributed by atoms with Gasteiger partial charge in [-0.2, -0.15) is 0 Å². The summed E-state index contributed by atoms with van der Waals surface area (Å²) in [6, 6.07) is 175. The summed E-state index contributed by atoms with van der Waals surface area (Å²) in [5.74, 6) is 0. The van der Waals surface area contributed by atoms with Crippen molar-refractivity contribution in [2.75, 3.05) is 0 Å². The lowest BCUT2D eigenvalue weighted by Crippen LogP contribution is -1.94. The summed E-state index contributed by atoms with van der Waals surface area (Å²) in [4.78, 5) is 13.4. The summed E-state index contributed by atoms with van der Waals surface area (Å²) in [6.45, 7) is 0. The molecule has 0 unspecified atom stereocenters. The zero-order valence-electron chi connectivity index (χ0n) is 76.7.